The Labute approximate surface area is 106 Å². The maximum atomic E-state index is 3.90. The van der Waals surface area contributed by atoms with Crippen LogP contribution in [0.1, 0.15) is 58.8 Å². The summed E-state index contributed by atoms with van der Waals surface area (Å²) in [5.41, 5.74) is 1.33. The molecule has 0 spiro atoms. The first-order chi connectivity index (χ1) is 8.05. The Morgan fingerprint density at radius 3 is 1.76 bits per heavy atom. The average Bonchev–Trinajstić information content (AvgIpc) is 2.82. The van der Waals surface area contributed by atoms with Crippen LogP contribution < -0.4 is 5.32 Å². The smallest absolute Gasteiger partial charge is 0.0125 e. The van der Waals surface area contributed by atoms with E-state index < -0.39 is 0 Å². The van der Waals surface area contributed by atoms with E-state index in [2.05, 4.69) is 19.2 Å². The van der Waals surface area contributed by atoms with E-state index in [0.717, 1.165) is 29.2 Å². The highest BCUT2D eigenvalue weighted by Crippen LogP contribution is 2.60. The maximum Gasteiger partial charge on any atom is 0.0125 e. The topological polar surface area (TPSA) is 12.0 Å². The van der Waals surface area contributed by atoms with Crippen LogP contribution in [0.3, 0.4) is 0 Å². The van der Waals surface area contributed by atoms with Crippen molar-refractivity contribution < 1.29 is 0 Å². The fourth-order valence-electron chi connectivity index (χ4n) is 5.66. The van der Waals surface area contributed by atoms with E-state index in [1.54, 1.807) is 38.5 Å². The number of nitrogens with one attached hydrogen (secondary N) is 1. The predicted molar refractivity (Wildman–Crippen MR) is 70.8 cm³/mol. The Morgan fingerprint density at radius 2 is 1.35 bits per heavy atom. The predicted octanol–water partition coefficient (Wildman–Crippen LogP) is 3.59. The summed E-state index contributed by atoms with van der Waals surface area (Å²) in [6.07, 6.45) is 10.8. The molecule has 0 amide bonds. The van der Waals surface area contributed by atoms with Gasteiger partial charge in [0.15, 0.2) is 0 Å². The molecule has 1 atom stereocenters. The Morgan fingerprint density at radius 1 is 0.882 bits per heavy atom. The van der Waals surface area contributed by atoms with Crippen LogP contribution in [-0.4, -0.2) is 12.6 Å². The van der Waals surface area contributed by atoms with Crippen molar-refractivity contribution in [1.82, 2.24) is 5.32 Å². The second-order valence-electron chi connectivity index (χ2n) is 8.54. The Hall–Kier alpha value is -0.0400. The molecule has 0 aromatic heterocycles. The molecule has 5 aliphatic carbocycles. The number of rotatable bonds is 3. The Bertz CT molecular complexity index is 295. The lowest BCUT2D eigenvalue weighted by Gasteiger charge is -2.57. The lowest BCUT2D eigenvalue weighted by Crippen LogP contribution is -2.50. The third-order valence-corrected chi connectivity index (χ3v) is 6.40. The summed E-state index contributed by atoms with van der Waals surface area (Å²) in [5, 5.41) is 3.90. The zero-order valence-electron chi connectivity index (χ0n) is 11.5. The molecule has 0 heterocycles. The SMILES string of the molecule is CC1(C)CC1NCC12CC3CC(CC(C3)C1)C2. The molecule has 1 nitrogen and oxygen atoms in total. The first-order valence-electron chi connectivity index (χ1n) is 7.78. The number of hydrogen-bond acceptors (Lipinski definition) is 1. The van der Waals surface area contributed by atoms with E-state index in [4.69, 9.17) is 0 Å². The van der Waals surface area contributed by atoms with Crippen molar-refractivity contribution in [3.8, 4) is 0 Å². The lowest BCUT2D eigenvalue weighted by atomic mass is 9.49. The first kappa shape index (κ1) is 10.8. The van der Waals surface area contributed by atoms with Crippen LogP contribution in [0, 0.1) is 28.6 Å². The van der Waals surface area contributed by atoms with Crippen LogP contribution >= 0.6 is 0 Å². The van der Waals surface area contributed by atoms with Crippen LogP contribution in [0.15, 0.2) is 0 Å². The molecule has 5 saturated carbocycles. The highest BCUT2D eigenvalue weighted by molar-refractivity contribution is 5.06. The third kappa shape index (κ3) is 1.77. The largest absolute Gasteiger partial charge is 0.313 e. The van der Waals surface area contributed by atoms with Gasteiger partial charge < -0.3 is 5.32 Å². The van der Waals surface area contributed by atoms with Gasteiger partial charge >= 0.3 is 0 Å². The van der Waals surface area contributed by atoms with E-state index in [0.29, 0.717) is 5.41 Å². The van der Waals surface area contributed by atoms with E-state index in [1.807, 2.05) is 0 Å². The summed E-state index contributed by atoms with van der Waals surface area (Å²) in [7, 11) is 0. The van der Waals surface area contributed by atoms with Crippen molar-refractivity contribution in [3.05, 3.63) is 0 Å². The fraction of sp³-hybridized carbons (Fsp3) is 1.00. The van der Waals surface area contributed by atoms with Crippen molar-refractivity contribution in [2.45, 2.75) is 64.8 Å². The summed E-state index contributed by atoms with van der Waals surface area (Å²) in [6.45, 7) is 6.15. The van der Waals surface area contributed by atoms with Gasteiger partial charge in [0.05, 0.1) is 0 Å². The highest BCUT2D eigenvalue weighted by Gasteiger charge is 2.52. The minimum absolute atomic E-state index is 0.599. The normalized spacial score (nSPS) is 54.0. The standard InChI is InChI=1S/C16H27N/c1-15(2)9-14(15)17-10-16-6-11-3-12(7-16)5-13(4-11)8-16/h11-14,17H,3-10H2,1-2H3. The van der Waals surface area contributed by atoms with Gasteiger partial charge in [0, 0.05) is 12.6 Å². The van der Waals surface area contributed by atoms with Gasteiger partial charge in [-0.25, -0.2) is 0 Å². The minimum atomic E-state index is 0.599. The van der Waals surface area contributed by atoms with E-state index in [1.165, 1.54) is 13.0 Å². The van der Waals surface area contributed by atoms with Gasteiger partial charge in [-0.2, -0.15) is 0 Å². The van der Waals surface area contributed by atoms with E-state index in [-0.39, 0.29) is 0 Å². The molecule has 0 saturated heterocycles. The van der Waals surface area contributed by atoms with Crippen LogP contribution in [-0.2, 0) is 0 Å². The summed E-state index contributed by atoms with van der Waals surface area (Å²) in [6, 6.07) is 0.829. The molecule has 0 aromatic carbocycles. The van der Waals surface area contributed by atoms with Gasteiger partial charge in [-0.05, 0) is 73.5 Å². The van der Waals surface area contributed by atoms with E-state index >= 15 is 0 Å². The molecule has 1 unspecified atom stereocenters. The minimum Gasteiger partial charge on any atom is -0.313 e. The van der Waals surface area contributed by atoms with Gasteiger partial charge in [0.2, 0.25) is 0 Å². The molecule has 5 rings (SSSR count). The second kappa shape index (κ2) is 3.29. The molecule has 4 bridgehead atoms. The van der Waals surface area contributed by atoms with Crippen molar-refractivity contribution >= 4 is 0 Å². The molecule has 1 heteroatoms. The van der Waals surface area contributed by atoms with Gasteiger partial charge in [-0.1, -0.05) is 13.8 Å². The summed E-state index contributed by atoms with van der Waals surface area (Å²) in [4.78, 5) is 0. The Kier molecular flexibility index (Phi) is 2.10. The van der Waals surface area contributed by atoms with Crippen molar-refractivity contribution in [2.75, 3.05) is 6.54 Å². The highest BCUT2D eigenvalue weighted by atomic mass is 15.0. The van der Waals surface area contributed by atoms with Crippen LogP contribution in [0.4, 0.5) is 0 Å². The average molecular weight is 233 g/mol. The van der Waals surface area contributed by atoms with Crippen molar-refractivity contribution in [2.24, 2.45) is 28.6 Å². The van der Waals surface area contributed by atoms with Crippen LogP contribution in [0.5, 0.6) is 0 Å². The summed E-state index contributed by atoms with van der Waals surface area (Å²) in [5.74, 6) is 3.32. The number of hydrogen-bond donors (Lipinski definition) is 1. The molecule has 5 aliphatic rings. The van der Waals surface area contributed by atoms with Gasteiger partial charge in [-0.15, -0.1) is 0 Å². The quantitative estimate of drug-likeness (QED) is 0.785. The van der Waals surface area contributed by atoms with Crippen molar-refractivity contribution in [1.29, 1.82) is 0 Å². The summed E-state index contributed by atoms with van der Waals surface area (Å²) >= 11 is 0. The fourth-order valence-corrected chi connectivity index (χ4v) is 5.66. The van der Waals surface area contributed by atoms with Gasteiger partial charge in [0.1, 0.15) is 0 Å². The molecule has 17 heavy (non-hydrogen) atoms. The molecular formula is C16H27N. The second-order valence-corrected chi connectivity index (χ2v) is 8.54. The molecular weight excluding hydrogens is 206 g/mol. The maximum absolute atomic E-state index is 3.90. The van der Waals surface area contributed by atoms with Gasteiger partial charge in [0.25, 0.3) is 0 Å². The van der Waals surface area contributed by atoms with Crippen LogP contribution in [0.25, 0.3) is 0 Å². The summed E-state index contributed by atoms with van der Waals surface area (Å²) < 4.78 is 0. The molecule has 5 fully saturated rings. The van der Waals surface area contributed by atoms with Crippen LogP contribution in [0.2, 0.25) is 0 Å². The molecule has 0 aromatic rings. The monoisotopic (exact) mass is 233 g/mol. The zero-order chi connectivity index (χ0) is 11.7. The Balaban J connectivity index is 1.43. The van der Waals surface area contributed by atoms with Crippen molar-refractivity contribution in [3.63, 3.8) is 0 Å². The zero-order valence-corrected chi connectivity index (χ0v) is 11.5. The molecule has 0 aliphatic heterocycles. The third-order valence-electron chi connectivity index (χ3n) is 6.40. The molecule has 1 N–H and O–H groups in total. The van der Waals surface area contributed by atoms with Gasteiger partial charge in [-0.3, -0.25) is 0 Å². The first-order valence-corrected chi connectivity index (χ1v) is 7.78. The van der Waals surface area contributed by atoms with E-state index in [9.17, 15) is 0 Å². The lowest BCUT2D eigenvalue weighted by molar-refractivity contribution is -0.0517. The molecule has 0 radical (unpaired) electrons. The molecule has 96 valence electrons.